The number of carbonyl (C=O) groups excluding carboxylic acids is 1. The highest BCUT2D eigenvalue weighted by molar-refractivity contribution is 8.26. The average Bonchev–Trinajstić information content (AvgIpc) is 2.99. The number of pyridine rings is 1. The summed E-state index contributed by atoms with van der Waals surface area (Å²) in [6.45, 7) is 5.76. The van der Waals surface area contributed by atoms with E-state index in [2.05, 4.69) is 0 Å². The van der Waals surface area contributed by atoms with Crippen LogP contribution in [0.15, 0.2) is 68.3 Å². The lowest BCUT2D eigenvalue weighted by Crippen LogP contribution is -2.34. The maximum atomic E-state index is 13.4. The van der Waals surface area contributed by atoms with Crippen molar-refractivity contribution in [1.29, 1.82) is 0 Å². The lowest BCUT2D eigenvalue weighted by molar-refractivity contribution is -0.123. The van der Waals surface area contributed by atoms with E-state index in [-0.39, 0.29) is 17.5 Å². The Bertz CT molecular complexity index is 1250. The van der Waals surface area contributed by atoms with Crippen molar-refractivity contribution in [2.24, 2.45) is 0 Å². The van der Waals surface area contributed by atoms with Crippen LogP contribution >= 0.6 is 35.7 Å². The fourth-order valence-electron chi connectivity index (χ4n) is 3.15. The monoisotopic (exact) mass is 453 g/mol. The molecule has 5 nitrogen and oxygen atoms in total. The zero-order valence-corrected chi connectivity index (χ0v) is 19.1. The number of amides is 1. The number of hydrogen-bond acceptors (Lipinski definition) is 6. The Morgan fingerprint density at radius 3 is 2.53 bits per heavy atom. The molecule has 0 unspecified atom stereocenters. The van der Waals surface area contributed by atoms with Crippen LogP contribution in [0.25, 0.3) is 11.7 Å². The zero-order valence-electron chi connectivity index (χ0n) is 16.7. The Balaban J connectivity index is 1.91. The normalized spacial score (nSPS) is 15.7. The predicted molar refractivity (Wildman–Crippen MR) is 127 cm³/mol. The highest BCUT2D eigenvalue weighted by Crippen LogP contribution is 2.36. The van der Waals surface area contributed by atoms with Crippen LogP contribution < -0.4 is 5.56 Å². The highest BCUT2D eigenvalue weighted by atomic mass is 32.2. The number of hydrogen-bond donors (Lipinski definition) is 0. The van der Waals surface area contributed by atoms with Crippen LogP contribution in [0.2, 0.25) is 0 Å². The van der Waals surface area contributed by atoms with E-state index in [0.717, 1.165) is 10.5 Å². The second kappa shape index (κ2) is 8.37. The lowest BCUT2D eigenvalue weighted by atomic mass is 10.2. The van der Waals surface area contributed by atoms with Crippen molar-refractivity contribution in [3.8, 4) is 0 Å². The summed E-state index contributed by atoms with van der Waals surface area (Å²) in [6.07, 6.45) is 3.34. The van der Waals surface area contributed by atoms with Gasteiger partial charge in [-0.05, 0) is 50.6 Å². The molecule has 1 aromatic carbocycles. The van der Waals surface area contributed by atoms with Gasteiger partial charge in [0.2, 0.25) is 0 Å². The molecule has 1 fully saturated rings. The molecule has 0 saturated carbocycles. The third-order valence-corrected chi connectivity index (χ3v) is 6.97. The summed E-state index contributed by atoms with van der Waals surface area (Å²) in [5.74, 6) is -0.176. The molecule has 2 aromatic heterocycles. The molecular weight excluding hydrogens is 434 g/mol. The Morgan fingerprint density at radius 1 is 1.13 bits per heavy atom. The topological polar surface area (TPSA) is 54.7 Å². The lowest BCUT2D eigenvalue weighted by Gasteiger charge is -2.18. The van der Waals surface area contributed by atoms with Gasteiger partial charge in [0.05, 0.1) is 10.5 Å². The third-order valence-electron chi connectivity index (χ3n) is 4.62. The summed E-state index contributed by atoms with van der Waals surface area (Å²) in [5, 5.41) is 0.565. The Hall–Kier alpha value is -2.42. The second-order valence-corrected chi connectivity index (χ2v) is 9.82. The van der Waals surface area contributed by atoms with Crippen molar-refractivity contribution in [1.82, 2.24) is 14.3 Å². The molecule has 1 aliphatic rings. The number of benzene rings is 1. The van der Waals surface area contributed by atoms with Gasteiger partial charge in [-0.25, -0.2) is 4.98 Å². The number of aromatic nitrogens is 2. The van der Waals surface area contributed by atoms with Gasteiger partial charge >= 0.3 is 0 Å². The summed E-state index contributed by atoms with van der Waals surface area (Å²) in [4.78, 5) is 34.0. The first-order chi connectivity index (χ1) is 14.4. The van der Waals surface area contributed by atoms with E-state index in [1.165, 1.54) is 27.9 Å². The Labute approximate surface area is 188 Å². The number of carbonyl (C=O) groups is 1. The summed E-state index contributed by atoms with van der Waals surface area (Å²) in [7, 11) is 0. The second-order valence-electron chi connectivity index (χ2n) is 7.08. The molecule has 3 aromatic rings. The van der Waals surface area contributed by atoms with Gasteiger partial charge in [0.15, 0.2) is 0 Å². The van der Waals surface area contributed by atoms with Crippen molar-refractivity contribution in [3.63, 3.8) is 0 Å². The summed E-state index contributed by atoms with van der Waals surface area (Å²) >= 11 is 8.00. The first-order valence-corrected chi connectivity index (χ1v) is 11.4. The Morgan fingerprint density at radius 2 is 1.87 bits per heavy atom. The number of rotatable bonds is 4. The van der Waals surface area contributed by atoms with Crippen molar-refractivity contribution in [2.45, 2.75) is 36.7 Å². The first-order valence-electron chi connectivity index (χ1n) is 9.38. The quantitative estimate of drug-likeness (QED) is 0.322. The minimum atomic E-state index is -0.211. The standard InChI is InChI=1S/C22H19N3O2S3/c1-13(2)25-21(27)17(30-22(25)28)12-16-19(29-15-9-5-4-6-10-15)23-18-14(3)8-7-11-24(18)20(16)26/h4-13H,1-3H3/b17-12-. The molecular formula is C22H19N3O2S3. The van der Waals surface area contributed by atoms with Gasteiger partial charge in [0.1, 0.15) is 15.0 Å². The fraction of sp³-hybridized carbons (Fsp3) is 0.182. The zero-order chi connectivity index (χ0) is 21.4. The molecule has 4 rings (SSSR count). The van der Waals surface area contributed by atoms with Gasteiger partial charge in [-0.15, -0.1) is 0 Å². The number of thioether (sulfide) groups is 1. The summed E-state index contributed by atoms with van der Waals surface area (Å²) in [5.41, 5.74) is 1.68. The van der Waals surface area contributed by atoms with Crippen molar-refractivity contribution in [2.75, 3.05) is 0 Å². The first kappa shape index (κ1) is 20.8. The predicted octanol–water partition coefficient (Wildman–Crippen LogP) is 4.76. The van der Waals surface area contributed by atoms with Crippen LogP contribution in [-0.2, 0) is 4.79 Å². The molecule has 1 saturated heterocycles. The van der Waals surface area contributed by atoms with Crippen LogP contribution in [0.3, 0.4) is 0 Å². The molecule has 0 radical (unpaired) electrons. The third kappa shape index (κ3) is 3.82. The Kier molecular flexibility index (Phi) is 5.81. The fourth-order valence-corrected chi connectivity index (χ4v) is 5.56. The molecule has 0 atom stereocenters. The van der Waals surface area contributed by atoms with E-state index in [0.29, 0.717) is 25.5 Å². The maximum Gasteiger partial charge on any atom is 0.266 e. The van der Waals surface area contributed by atoms with Crippen LogP contribution in [0.1, 0.15) is 25.0 Å². The SMILES string of the molecule is Cc1cccn2c(=O)c(/C=C3\SC(=S)N(C(C)C)C3=O)c(Sc3ccccc3)nc12. The minimum Gasteiger partial charge on any atom is -0.290 e. The molecule has 152 valence electrons. The van der Waals surface area contributed by atoms with Gasteiger partial charge in [0.25, 0.3) is 11.5 Å². The highest BCUT2D eigenvalue weighted by Gasteiger charge is 2.34. The molecule has 0 bridgehead atoms. The molecule has 30 heavy (non-hydrogen) atoms. The smallest absolute Gasteiger partial charge is 0.266 e. The van der Waals surface area contributed by atoms with E-state index in [1.807, 2.05) is 63.2 Å². The van der Waals surface area contributed by atoms with Crippen LogP contribution in [0.4, 0.5) is 0 Å². The van der Waals surface area contributed by atoms with E-state index >= 15 is 0 Å². The molecule has 0 spiro atoms. The average molecular weight is 454 g/mol. The van der Waals surface area contributed by atoms with Gasteiger partial charge < -0.3 is 0 Å². The molecule has 0 N–H and O–H groups in total. The number of fused-ring (bicyclic) bond motifs is 1. The van der Waals surface area contributed by atoms with Crippen molar-refractivity contribution in [3.05, 3.63) is 75.0 Å². The van der Waals surface area contributed by atoms with Gasteiger partial charge in [-0.2, -0.15) is 0 Å². The van der Waals surface area contributed by atoms with Crippen LogP contribution in [0, 0.1) is 6.92 Å². The molecule has 3 heterocycles. The van der Waals surface area contributed by atoms with Crippen LogP contribution in [0.5, 0.6) is 0 Å². The van der Waals surface area contributed by atoms with Crippen molar-refractivity contribution >= 4 is 57.7 Å². The largest absolute Gasteiger partial charge is 0.290 e. The van der Waals surface area contributed by atoms with Gasteiger partial charge in [-0.3, -0.25) is 18.9 Å². The summed E-state index contributed by atoms with van der Waals surface area (Å²) < 4.78 is 2.03. The number of aryl methyl sites for hydroxylation is 1. The molecule has 1 aliphatic heterocycles. The van der Waals surface area contributed by atoms with Gasteiger partial charge in [-0.1, -0.05) is 60.0 Å². The van der Waals surface area contributed by atoms with Crippen LogP contribution in [-0.4, -0.2) is 30.6 Å². The molecule has 1 amide bonds. The summed E-state index contributed by atoms with van der Waals surface area (Å²) in [6, 6.07) is 13.4. The van der Waals surface area contributed by atoms with E-state index in [9.17, 15) is 9.59 Å². The molecule has 8 heteroatoms. The van der Waals surface area contributed by atoms with Crippen molar-refractivity contribution < 1.29 is 4.79 Å². The minimum absolute atomic E-state index is 0.0416. The van der Waals surface area contributed by atoms with Gasteiger partial charge in [0, 0.05) is 17.1 Å². The van der Waals surface area contributed by atoms with E-state index in [4.69, 9.17) is 17.2 Å². The van der Waals surface area contributed by atoms with E-state index < -0.39 is 0 Å². The van der Waals surface area contributed by atoms with E-state index in [1.54, 1.807) is 17.2 Å². The number of nitrogens with zero attached hydrogens (tertiary/aromatic N) is 3. The number of thiocarbonyl (C=S) groups is 1. The molecule has 0 aliphatic carbocycles. The maximum absolute atomic E-state index is 13.4.